The molecule has 1 aromatic carbocycles. The maximum atomic E-state index is 12.2. The van der Waals surface area contributed by atoms with Gasteiger partial charge in [0.25, 0.3) is 0 Å². The number of amides is 2. The van der Waals surface area contributed by atoms with Crippen LogP contribution in [0.1, 0.15) is 20.3 Å². The molecule has 0 saturated heterocycles. The minimum atomic E-state index is -0.602. The van der Waals surface area contributed by atoms with Gasteiger partial charge in [-0.2, -0.15) is 0 Å². The van der Waals surface area contributed by atoms with Crippen LogP contribution in [-0.2, 0) is 14.3 Å². The van der Waals surface area contributed by atoms with Crippen molar-refractivity contribution in [2.75, 3.05) is 30.9 Å². The number of carbonyl (C=O) groups is 2. The Bertz CT molecular complexity index is 499. The SMILES string of the molecule is CCC(C)(CN)C(=O)Nc1cccc(NC(=O)COC)c1. The quantitative estimate of drug-likeness (QED) is 0.711. The lowest BCUT2D eigenvalue weighted by molar-refractivity contribution is -0.124. The molecule has 0 bridgehead atoms. The van der Waals surface area contributed by atoms with Gasteiger partial charge >= 0.3 is 0 Å². The average Bonchev–Trinajstić information content (AvgIpc) is 2.46. The van der Waals surface area contributed by atoms with Gasteiger partial charge in [-0.1, -0.05) is 13.0 Å². The van der Waals surface area contributed by atoms with Gasteiger partial charge in [0.15, 0.2) is 0 Å². The second kappa shape index (κ2) is 7.75. The summed E-state index contributed by atoms with van der Waals surface area (Å²) >= 11 is 0. The van der Waals surface area contributed by atoms with Crippen molar-refractivity contribution in [2.24, 2.45) is 11.1 Å². The Morgan fingerprint density at radius 3 is 2.43 bits per heavy atom. The highest BCUT2D eigenvalue weighted by atomic mass is 16.5. The van der Waals surface area contributed by atoms with Crippen molar-refractivity contribution in [3.05, 3.63) is 24.3 Å². The molecule has 1 aromatic rings. The molecule has 0 aromatic heterocycles. The molecule has 0 saturated carbocycles. The van der Waals surface area contributed by atoms with E-state index in [1.165, 1.54) is 7.11 Å². The predicted octanol–water partition coefficient (Wildman–Crippen LogP) is 1.58. The van der Waals surface area contributed by atoms with Crippen LogP contribution in [0.3, 0.4) is 0 Å². The zero-order valence-electron chi connectivity index (χ0n) is 12.7. The number of carbonyl (C=O) groups excluding carboxylic acids is 2. The summed E-state index contributed by atoms with van der Waals surface area (Å²) in [6, 6.07) is 6.95. The van der Waals surface area contributed by atoms with E-state index < -0.39 is 5.41 Å². The summed E-state index contributed by atoms with van der Waals surface area (Å²) in [5.74, 6) is -0.380. The molecule has 21 heavy (non-hydrogen) atoms. The Balaban J connectivity index is 2.77. The Kier molecular flexibility index (Phi) is 6.33. The Labute approximate surface area is 125 Å². The van der Waals surface area contributed by atoms with Crippen LogP contribution in [0.5, 0.6) is 0 Å². The fraction of sp³-hybridized carbons (Fsp3) is 0.467. The van der Waals surface area contributed by atoms with E-state index in [1.54, 1.807) is 24.3 Å². The van der Waals surface area contributed by atoms with Crippen molar-refractivity contribution >= 4 is 23.2 Å². The van der Waals surface area contributed by atoms with E-state index in [4.69, 9.17) is 10.5 Å². The lowest BCUT2D eigenvalue weighted by atomic mass is 9.86. The van der Waals surface area contributed by atoms with Gasteiger partial charge in [-0.15, -0.1) is 0 Å². The molecule has 0 radical (unpaired) electrons. The smallest absolute Gasteiger partial charge is 0.250 e. The number of rotatable bonds is 7. The third-order valence-corrected chi connectivity index (χ3v) is 3.46. The largest absolute Gasteiger partial charge is 0.375 e. The van der Waals surface area contributed by atoms with Crippen LogP contribution < -0.4 is 16.4 Å². The molecule has 1 unspecified atom stereocenters. The Hall–Kier alpha value is -1.92. The first-order chi connectivity index (χ1) is 9.95. The Morgan fingerprint density at radius 1 is 1.29 bits per heavy atom. The third-order valence-electron chi connectivity index (χ3n) is 3.46. The number of nitrogens with two attached hydrogens (primary N) is 1. The monoisotopic (exact) mass is 293 g/mol. The maximum absolute atomic E-state index is 12.2. The molecule has 2 amide bonds. The van der Waals surface area contributed by atoms with Gasteiger partial charge in [0.05, 0.1) is 5.41 Å². The van der Waals surface area contributed by atoms with Gasteiger partial charge in [-0.3, -0.25) is 9.59 Å². The van der Waals surface area contributed by atoms with Crippen LogP contribution in [0.25, 0.3) is 0 Å². The summed E-state index contributed by atoms with van der Waals surface area (Å²) in [4.78, 5) is 23.7. The molecule has 1 rings (SSSR count). The first-order valence-electron chi connectivity index (χ1n) is 6.85. The van der Waals surface area contributed by atoms with Crippen molar-refractivity contribution in [2.45, 2.75) is 20.3 Å². The summed E-state index contributed by atoms with van der Waals surface area (Å²) in [6.07, 6.45) is 0.652. The van der Waals surface area contributed by atoms with E-state index in [9.17, 15) is 9.59 Å². The predicted molar refractivity (Wildman–Crippen MR) is 83.0 cm³/mol. The highest BCUT2D eigenvalue weighted by Gasteiger charge is 2.29. The number of anilines is 2. The number of hydrogen-bond donors (Lipinski definition) is 3. The molecule has 0 heterocycles. The van der Waals surface area contributed by atoms with Gasteiger partial charge in [0.2, 0.25) is 11.8 Å². The van der Waals surface area contributed by atoms with Gasteiger partial charge in [-0.25, -0.2) is 0 Å². The van der Waals surface area contributed by atoms with Gasteiger partial charge in [0, 0.05) is 25.0 Å². The van der Waals surface area contributed by atoms with Gasteiger partial charge in [-0.05, 0) is 31.5 Å². The van der Waals surface area contributed by atoms with Crippen LogP contribution in [-0.4, -0.2) is 32.1 Å². The first-order valence-corrected chi connectivity index (χ1v) is 6.85. The standard InChI is InChI=1S/C15H23N3O3/c1-4-15(2,10-16)14(20)18-12-7-5-6-11(8-12)17-13(19)9-21-3/h5-8H,4,9-10,16H2,1-3H3,(H,17,19)(H,18,20). The molecule has 0 aliphatic carbocycles. The van der Waals surface area contributed by atoms with E-state index in [1.807, 2.05) is 13.8 Å². The minimum Gasteiger partial charge on any atom is -0.375 e. The third kappa shape index (κ3) is 4.84. The molecule has 6 heteroatoms. The highest BCUT2D eigenvalue weighted by molar-refractivity contribution is 5.97. The minimum absolute atomic E-state index is 0.0162. The summed E-state index contributed by atoms with van der Waals surface area (Å²) < 4.78 is 4.75. The van der Waals surface area contributed by atoms with Crippen molar-refractivity contribution < 1.29 is 14.3 Å². The van der Waals surface area contributed by atoms with E-state index in [0.29, 0.717) is 17.8 Å². The van der Waals surface area contributed by atoms with Crippen molar-refractivity contribution in [3.8, 4) is 0 Å². The van der Waals surface area contributed by atoms with Gasteiger partial charge in [0.1, 0.15) is 6.61 Å². The molecule has 4 N–H and O–H groups in total. The molecule has 0 spiro atoms. The van der Waals surface area contributed by atoms with Crippen molar-refractivity contribution in [1.29, 1.82) is 0 Å². The van der Waals surface area contributed by atoms with Crippen LogP contribution in [0.15, 0.2) is 24.3 Å². The molecule has 0 aliphatic heterocycles. The molecule has 1 atom stereocenters. The number of methoxy groups -OCH3 is 1. The molecule has 0 aliphatic rings. The molecular formula is C15H23N3O3. The fourth-order valence-electron chi connectivity index (χ4n) is 1.68. The summed E-state index contributed by atoms with van der Waals surface area (Å²) in [7, 11) is 1.45. The molecule has 116 valence electrons. The van der Waals surface area contributed by atoms with E-state index in [2.05, 4.69) is 10.6 Å². The summed E-state index contributed by atoms with van der Waals surface area (Å²) in [6.45, 7) is 4.01. The van der Waals surface area contributed by atoms with E-state index in [0.717, 1.165) is 0 Å². The van der Waals surface area contributed by atoms with Crippen LogP contribution in [0.2, 0.25) is 0 Å². The zero-order valence-corrected chi connectivity index (χ0v) is 12.7. The lowest BCUT2D eigenvalue weighted by Crippen LogP contribution is -2.39. The zero-order chi connectivity index (χ0) is 15.9. The molecule has 6 nitrogen and oxygen atoms in total. The lowest BCUT2D eigenvalue weighted by Gasteiger charge is -2.25. The second-order valence-corrected chi connectivity index (χ2v) is 5.13. The fourth-order valence-corrected chi connectivity index (χ4v) is 1.68. The van der Waals surface area contributed by atoms with Crippen molar-refractivity contribution in [1.82, 2.24) is 0 Å². The maximum Gasteiger partial charge on any atom is 0.250 e. The van der Waals surface area contributed by atoms with Crippen LogP contribution in [0, 0.1) is 5.41 Å². The van der Waals surface area contributed by atoms with Crippen LogP contribution >= 0.6 is 0 Å². The summed E-state index contributed by atoms with van der Waals surface area (Å²) in [5, 5.41) is 5.51. The van der Waals surface area contributed by atoms with Crippen LogP contribution in [0.4, 0.5) is 11.4 Å². The molecule has 0 fully saturated rings. The molecular weight excluding hydrogens is 270 g/mol. The number of benzene rings is 1. The number of ether oxygens (including phenoxy) is 1. The normalized spacial score (nSPS) is 13.3. The average molecular weight is 293 g/mol. The Morgan fingerprint density at radius 2 is 1.90 bits per heavy atom. The highest BCUT2D eigenvalue weighted by Crippen LogP contribution is 2.23. The van der Waals surface area contributed by atoms with E-state index >= 15 is 0 Å². The topological polar surface area (TPSA) is 93.5 Å². The van der Waals surface area contributed by atoms with Crippen molar-refractivity contribution in [3.63, 3.8) is 0 Å². The van der Waals surface area contributed by atoms with Gasteiger partial charge < -0.3 is 21.1 Å². The second-order valence-electron chi connectivity index (χ2n) is 5.13. The van der Waals surface area contributed by atoms with E-state index in [-0.39, 0.29) is 25.0 Å². The first kappa shape index (κ1) is 17.1. The number of hydrogen-bond acceptors (Lipinski definition) is 4. The summed E-state index contributed by atoms with van der Waals surface area (Å²) in [5.41, 5.74) is 6.28. The number of nitrogens with one attached hydrogen (secondary N) is 2.